The van der Waals surface area contributed by atoms with Crippen molar-refractivity contribution in [3.63, 3.8) is 0 Å². The first-order chi connectivity index (χ1) is 8.56. The highest BCUT2D eigenvalue weighted by molar-refractivity contribution is 5.92. The van der Waals surface area contributed by atoms with Crippen LogP contribution in [0.25, 0.3) is 0 Å². The van der Waals surface area contributed by atoms with Crippen LogP contribution < -0.4 is 0 Å². The van der Waals surface area contributed by atoms with Gasteiger partial charge in [0.15, 0.2) is 5.69 Å². The molecule has 0 spiro atoms. The third-order valence-corrected chi connectivity index (χ3v) is 2.74. The predicted octanol–water partition coefficient (Wildman–Crippen LogP) is -1.04. The Kier molecular flexibility index (Phi) is 3.56. The molecule has 8 heteroatoms. The Morgan fingerprint density at radius 3 is 2.94 bits per heavy atom. The number of aromatic nitrogens is 3. The summed E-state index contributed by atoms with van der Waals surface area (Å²) in [6.45, 7) is 0.523. The average molecular weight is 254 g/mol. The van der Waals surface area contributed by atoms with Gasteiger partial charge in [0.05, 0.1) is 12.3 Å². The number of likely N-dealkylation sites (tertiary alicyclic amines) is 1. The van der Waals surface area contributed by atoms with Crippen LogP contribution in [0.5, 0.6) is 0 Å². The van der Waals surface area contributed by atoms with Crippen LogP contribution in [-0.2, 0) is 11.3 Å². The Morgan fingerprint density at radius 2 is 2.28 bits per heavy atom. The van der Waals surface area contributed by atoms with Crippen molar-refractivity contribution in [3.05, 3.63) is 11.9 Å². The largest absolute Gasteiger partial charge is 0.480 e. The second-order valence-electron chi connectivity index (χ2n) is 4.24. The Morgan fingerprint density at radius 1 is 1.50 bits per heavy atom. The van der Waals surface area contributed by atoms with E-state index in [0.717, 1.165) is 11.1 Å². The highest BCUT2D eigenvalue weighted by Gasteiger charge is 2.25. The molecule has 1 unspecified atom stereocenters. The fraction of sp³-hybridized carbons (Fsp3) is 0.600. The number of nitrogens with zero attached hydrogens (tertiary/aromatic N) is 4. The molecule has 0 aliphatic carbocycles. The van der Waals surface area contributed by atoms with Crippen molar-refractivity contribution in [2.75, 3.05) is 13.1 Å². The Hall–Kier alpha value is -1.96. The molecule has 1 atom stereocenters. The second kappa shape index (κ2) is 5.13. The lowest BCUT2D eigenvalue weighted by Gasteiger charge is -2.29. The molecule has 18 heavy (non-hydrogen) atoms. The zero-order valence-electron chi connectivity index (χ0n) is 9.69. The molecule has 2 heterocycles. The van der Waals surface area contributed by atoms with E-state index in [1.165, 1.54) is 11.1 Å². The lowest BCUT2D eigenvalue weighted by Crippen LogP contribution is -2.42. The van der Waals surface area contributed by atoms with Crippen LogP contribution in [0.3, 0.4) is 0 Å². The summed E-state index contributed by atoms with van der Waals surface area (Å²) < 4.78 is 1.09. The summed E-state index contributed by atoms with van der Waals surface area (Å²) in [5.41, 5.74) is 0.102. The van der Waals surface area contributed by atoms with Crippen LogP contribution >= 0.6 is 0 Å². The number of β-amino-alcohol motifs (C(OH)–C–C–N with tert-alkyl or cyclic N) is 1. The van der Waals surface area contributed by atoms with Crippen LogP contribution in [0.1, 0.15) is 23.3 Å². The SMILES string of the molecule is O=C(O)Cn1cc(C(=O)N2CCCC(O)C2)nn1. The number of carbonyl (C=O) groups is 2. The lowest BCUT2D eigenvalue weighted by atomic mass is 10.1. The molecule has 0 radical (unpaired) electrons. The number of rotatable bonds is 3. The van der Waals surface area contributed by atoms with Gasteiger partial charge in [0, 0.05) is 13.1 Å². The van der Waals surface area contributed by atoms with Crippen LogP contribution in [0.2, 0.25) is 0 Å². The summed E-state index contributed by atoms with van der Waals surface area (Å²) in [7, 11) is 0. The predicted molar refractivity (Wildman–Crippen MR) is 58.8 cm³/mol. The number of carboxylic acid groups (broad SMARTS) is 1. The van der Waals surface area contributed by atoms with Crippen molar-refractivity contribution >= 4 is 11.9 Å². The van der Waals surface area contributed by atoms with Crippen molar-refractivity contribution < 1.29 is 19.8 Å². The van der Waals surface area contributed by atoms with Crippen molar-refractivity contribution in [2.24, 2.45) is 0 Å². The minimum atomic E-state index is -1.05. The molecule has 2 rings (SSSR count). The number of carbonyl (C=O) groups excluding carboxylic acids is 1. The summed E-state index contributed by atoms with van der Waals surface area (Å²) in [4.78, 5) is 24.0. The van der Waals surface area contributed by atoms with E-state index in [-0.39, 0.29) is 24.7 Å². The summed E-state index contributed by atoms with van der Waals surface area (Å²) in [5, 5.41) is 25.3. The van der Waals surface area contributed by atoms with Crippen LogP contribution in [-0.4, -0.2) is 61.2 Å². The topological polar surface area (TPSA) is 109 Å². The highest BCUT2D eigenvalue weighted by atomic mass is 16.4. The second-order valence-corrected chi connectivity index (χ2v) is 4.24. The fourth-order valence-electron chi connectivity index (χ4n) is 1.91. The molecule has 1 fully saturated rings. The summed E-state index contributed by atoms with van der Waals surface area (Å²) in [6.07, 6.45) is 2.24. The fourth-order valence-corrected chi connectivity index (χ4v) is 1.91. The zero-order valence-corrected chi connectivity index (χ0v) is 9.69. The standard InChI is InChI=1S/C10H14N4O4/c15-7-2-1-3-13(4-7)10(18)8-5-14(12-11-8)6-9(16)17/h5,7,15H,1-4,6H2,(H,16,17). The molecule has 1 aromatic heterocycles. The van der Waals surface area contributed by atoms with E-state index in [1.807, 2.05) is 0 Å². The first kappa shape index (κ1) is 12.5. The number of amides is 1. The Balaban J connectivity index is 2.04. The molecule has 1 amide bonds. The molecule has 1 aliphatic heterocycles. The van der Waals surface area contributed by atoms with Crippen molar-refractivity contribution in [3.8, 4) is 0 Å². The number of aliphatic hydroxyl groups excluding tert-OH is 1. The maximum atomic E-state index is 12.0. The number of aliphatic carboxylic acids is 1. The smallest absolute Gasteiger partial charge is 0.325 e. The van der Waals surface area contributed by atoms with E-state index in [9.17, 15) is 14.7 Å². The first-order valence-corrected chi connectivity index (χ1v) is 5.65. The van der Waals surface area contributed by atoms with Gasteiger partial charge in [-0.3, -0.25) is 9.59 Å². The van der Waals surface area contributed by atoms with Crippen LogP contribution in [0, 0.1) is 0 Å². The van der Waals surface area contributed by atoms with Gasteiger partial charge >= 0.3 is 5.97 Å². The van der Waals surface area contributed by atoms with E-state index in [1.54, 1.807) is 0 Å². The molecule has 0 saturated carbocycles. The number of piperidine rings is 1. The van der Waals surface area contributed by atoms with Gasteiger partial charge in [-0.15, -0.1) is 5.10 Å². The van der Waals surface area contributed by atoms with Gasteiger partial charge in [-0.1, -0.05) is 5.21 Å². The third-order valence-electron chi connectivity index (χ3n) is 2.74. The zero-order chi connectivity index (χ0) is 13.1. The van der Waals surface area contributed by atoms with Crippen molar-refractivity contribution in [2.45, 2.75) is 25.5 Å². The molecule has 0 aromatic carbocycles. The molecular formula is C10H14N4O4. The lowest BCUT2D eigenvalue weighted by molar-refractivity contribution is -0.137. The van der Waals surface area contributed by atoms with Crippen LogP contribution in [0.4, 0.5) is 0 Å². The molecule has 1 aliphatic rings. The van der Waals surface area contributed by atoms with Gasteiger partial charge in [0.2, 0.25) is 0 Å². The van der Waals surface area contributed by atoms with E-state index in [0.29, 0.717) is 13.0 Å². The minimum Gasteiger partial charge on any atom is -0.480 e. The monoisotopic (exact) mass is 254 g/mol. The highest BCUT2D eigenvalue weighted by Crippen LogP contribution is 2.12. The molecule has 8 nitrogen and oxygen atoms in total. The minimum absolute atomic E-state index is 0.102. The number of carboxylic acids is 1. The molecule has 1 saturated heterocycles. The average Bonchev–Trinajstić information content (AvgIpc) is 2.75. The van der Waals surface area contributed by atoms with Crippen molar-refractivity contribution in [1.29, 1.82) is 0 Å². The van der Waals surface area contributed by atoms with Gasteiger partial charge in [-0.05, 0) is 12.8 Å². The first-order valence-electron chi connectivity index (χ1n) is 5.65. The summed E-state index contributed by atoms with van der Waals surface area (Å²) in [5.74, 6) is -1.38. The quantitative estimate of drug-likeness (QED) is 0.713. The van der Waals surface area contributed by atoms with E-state index in [4.69, 9.17) is 5.11 Å². The number of hydrogen-bond acceptors (Lipinski definition) is 5. The maximum Gasteiger partial charge on any atom is 0.325 e. The Bertz CT molecular complexity index is 458. The Labute approximate surface area is 103 Å². The normalized spacial score (nSPS) is 19.8. The summed E-state index contributed by atoms with van der Waals surface area (Å²) in [6, 6.07) is 0. The van der Waals surface area contributed by atoms with E-state index < -0.39 is 12.1 Å². The molecule has 2 N–H and O–H groups in total. The molecular weight excluding hydrogens is 240 g/mol. The maximum absolute atomic E-state index is 12.0. The van der Waals surface area contributed by atoms with Crippen molar-refractivity contribution in [1.82, 2.24) is 19.9 Å². The van der Waals surface area contributed by atoms with Gasteiger partial charge in [0.1, 0.15) is 6.54 Å². The van der Waals surface area contributed by atoms with E-state index >= 15 is 0 Å². The number of hydrogen-bond donors (Lipinski definition) is 2. The van der Waals surface area contributed by atoms with Gasteiger partial charge < -0.3 is 15.1 Å². The van der Waals surface area contributed by atoms with Gasteiger partial charge in [-0.25, -0.2) is 4.68 Å². The number of aliphatic hydroxyl groups is 1. The van der Waals surface area contributed by atoms with Gasteiger partial charge in [0.25, 0.3) is 5.91 Å². The van der Waals surface area contributed by atoms with Crippen LogP contribution in [0.15, 0.2) is 6.20 Å². The van der Waals surface area contributed by atoms with E-state index in [2.05, 4.69) is 10.3 Å². The molecule has 0 bridgehead atoms. The molecule has 1 aromatic rings. The molecule has 98 valence electrons. The van der Waals surface area contributed by atoms with Gasteiger partial charge in [-0.2, -0.15) is 0 Å². The summed E-state index contributed by atoms with van der Waals surface area (Å²) >= 11 is 0. The third kappa shape index (κ3) is 2.83.